The third-order valence-electron chi connectivity index (χ3n) is 8.91. The molecule has 1 aromatic heterocycles. The van der Waals surface area contributed by atoms with Crippen molar-refractivity contribution in [1.82, 2.24) is 0 Å². The summed E-state index contributed by atoms with van der Waals surface area (Å²) < 4.78 is 3.95. The molecule has 0 radical (unpaired) electrons. The van der Waals surface area contributed by atoms with Crippen molar-refractivity contribution in [3.8, 4) is 0 Å². The summed E-state index contributed by atoms with van der Waals surface area (Å²) in [6, 6.07) is 26.8. The molecule has 0 fully saturated rings. The number of thiazole rings is 1. The van der Waals surface area contributed by atoms with Crippen LogP contribution in [0.3, 0.4) is 0 Å². The summed E-state index contributed by atoms with van der Waals surface area (Å²) in [5.74, 6) is 0. The topological polar surface area (TPSA) is 7.12 Å². The quantitative estimate of drug-likeness (QED) is 0.0645. The van der Waals surface area contributed by atoms with E-state index in [4.69, 9.17) is 0 Å². The van der Waals surface area contributed by atoms with Crippen LogP contribution in [0.1, 0.15) is 83.1 Å². The minimum atomic E-state index is 1.07. The van der Waals surface area contributed by atoms with Gasteiger partial charge in [0.05, 0.1) is 10.7 Å². The number of thioether (sulfide) groups is 1. The third kappa shape index (κ3) is 7.39. The Bertz CT molecular complexity index is 1830. The highest BCUT2D eigenvalue weighted by molar-refractivity contribution is 8.04. The summed E-state index contributed by atoms with van der Waals surface area (Å²) in [5, 5.41) is 8.02. The zero-order valence-corrected chi connectivity index (χ0v) is 28.6. The van der Waals surface area contributed by atoms with Crippen LogP contribution in [-0.4, -0.2) is 6.54 Å². The number of aryl methyl sites for hydroxylation is 1. The summed E-state index contributed by atoms with van der Waals surface area (Å²) in [6.45, 7) is 6.73. The Morgan fingerprint density at radius 2 is 1.36 bits per heavy atom. The molecule has 6 rings (SSSR count). The Labute approximate surface area is 278 Å². The molecule has 4 heteroatoms. The number of anilines is 1. The van der Waals surface area contributed by atoms with Crippen molar-refractivity contribution in [1.29, 1.82) is 0 Å². The largest absolute Gasteiger partial charge is 0.335 e. The monoisotopic (exact) mass is 631 g/mol. The fraction of sp³-hybridized carbons (Fsp3) is 0.341. The zero-order chi connectivity index (χ0) is 30.8. The SMILES string of the molecule is CCCCCCCN1\C(=C/C=C/C=C/c2sc3c4ccccc4ccc3[n+]2CCCCCCC)Sc2c1ccc1ccccc21. The van der Waals surface area contributed by atoms with Gasteiger partial charge in [-0.2, -0.15) is 4.57 Å². The van der Waals surface area contributed by atoms with Crippen molar-refractivity contribution in [2.75, 3.05) is 11.4 Å². The minimum Gasteiger partial charge on any atom is -0.335 e. The highest BCUT2D eigenvalue weighted by Gasteiger charge is 2.26. The van der Waals surface area contributed by atoms with Crippen molar-refractivity contribution in [2.45, 2.75) is 89.5 Å². The third-order valence-corrected chi connectivity index (χ3v) is 11.3. The van der Waals surface area contributed by atoms with Gasteiger partial charge in [0.1, 0.15) is 4.70 Å². The second-order valence-corrected chi connectivity index (χ2v) is 14.3. The normalized spacial score (nSPS) is 14.4. The molecule has 2 nitrogen and oxygen atoms in total. The van der Waals surface area contributed by atoms with Crippen LogP contribution >= 0.6 is 23.1 Å². The first-order chi connectivity index (χ1) is 22.3. The Balaban J connectivity index is 1.23. The van der Waals surface area contributed by atoms with Crippen LogP contribution in [-0.2, 0) is 6.54 Å². The van der Waals surface area contributed by atoms with Crippen molar-refractivity contribution in [3.63, 3.8) is 0 Å². The number of benzene rings is 4. The van der Waals surface area contributed by atoms with Crippen LogP contribution in [0.4, 0.5) is 5.69 Å². The average molecular weight is 632 g/mol. The number of nitrogens with zero attached hydrogens (tertiary/aromatic N) is 2. The molecule has 0 amide bonds. The number of aromatic nitrogens is 1. The summed E-state index contributed by atoms with van der Waals surface area (Å²) >= 11 is 3.85. The van der Waals surface area contributed by atoms with Crippen LogP contribution < -0.4 is 9.47 Å². The van der Waals surface area contributed by atoms with E-state index in [1.807, 2.05) is 23.1 Å². The smallest absolute Gasteiger partial charge is 0.262 e. The molecule has 0 spiro atoms. The first-order valence-corrected chi connectivity index (χ1v) is 18.8. The molecule has 4 aromatic carbocycles. The van der Waals surface area contributed by atoms with E-state index < -0.39 is 0 Å². The molecule has 1 aliphatic heterocycles. The average Bonchev–Trinajstić information content (AvgIpc) is 3.62. The second-order valence-electron chi connectivity index (χ2n) is 12.2. The van der Waals surface area contributed by atoms with Crippen molar-refractivity contribution in [2.24, 2.45) is 0 Å². The van der Waals surface area contributed by atoms with Gasteiger partial charge in [0.15, 0.2) is 6.54 Å². The van der Waals surface area contributed by atoms with E-state index in [0.29, 0.717) is 0 Å². The first kappa shape index (κ1) is 31.6. The number of rotatable bonds is 15. The van der Waals surface area contributed by atoms with Crippen LogP contribution in [0.15, 0.2) is 107 Å². The van der Waals surface area contributed by atoms with Crippen molar-refractivity contribution in [3.05, 3.63) is 107 Å². The molecule has 0 bridgehead atoms. The summed E-state index contributed by atoms with van der Waals surface area (Å²) in [4.78, 5) is 3.95. The highest BCUT2D eigenvalue weighted by atomic mass is 32.2. The number of allylic oxidation sites excluding steroid dienone is 4. The van der Waals surface area contributed by atoms with Crippen LogP contribution in [0, 0.1) is 0 Å². The number of fused-ring (bicyclic) bond motifs is 6. The molecule has 5 aromatic rings. The van der Waals surface area contributed by atoms with Crippen molar-refractivity contribution >= 4 is 66.6 Å². The zero-order valence-electron chi connectivity index (χ0n) is 27.0. The molecule has 1 aliphatic rings. The van der Waals surface area contributed by atoms with Gasteiger partial charge in [0.2, 0.25) is 5.52 Å². The predicted molar refractivity (Wildman–Crippen MR) is 200 cm³/mol. The molecule has 0 N–H and O–H groups in total. The maximum atomic E-state index is 2.55. The van der Waals surface area contributed by atoms with Crippen LogP contribution in [0.2, 0.25) is 0 Å². The van der Waals surface area contributed by atoms with Gasteiger partial charge in [-0.05, 0) is 47.2 Å². The van der Waals surface area contributed by atoms with Gasteiger partial charge in [0.25, 0.3) is 5.01 Å². The van der Waals surface area contributed by atoms with E-state index >= 15 is 0 Å². The van der Waals surface area contributed by atoms with E-state index in [0.717, 1.165) is 13.1 Å². The standard InChI is InChI=1S/C41H47N2S2/c1-3-5-7-9-18-30-42-36-28-26-32-20-14-16-22-34(32)40(36)44-38(42)24-12-11-13-25-39-43(31-19-10-8-6-4-2)37-29-27-33-21-15-17-23-35(33)41(37)45-39/h11-17,20-29H,3-10,18-19,30-31H2,1-2H3/q+1. The number of hydrogen-bond donors (Lipinski definition) is 0. The maximum Gasteiger partial charge on any atom is 0.262 e. The van der Waals surface area contributed by atoms with Gasteiger partial charge in [-0.15, -0.1) is 0 Å². The second kappa shape index (κ2) is 15.8. The highest BCUT2D eigenvalue weighted by Crippen LogP contribution is 2.49. The maximum absolute atomic E-state index is 2.55. The molecular formula is C41H47N2S2+. The Morgan fingerprint density at radius 3 is 2.16 bits per heavy atom. The van der Waals surface area contributed by atoms with Gasteiger partial charge in [-0.25, -0.2) is 0 Å². The van der Waals surface area contributed by atoms with Gasteiger partial charge in [-0.3, -0.25) is 0 Å². The Kier molecular flexibility index (Phi) is 11.1. The molecule has 0 saturated heterocycles. The fourth-order valence-electron chi connectivity index (χ4n) is 6.46. The lowest BCUT2D eigenvalue weighted by atomic mass is 10.1. The Hall–Kier alpha value is -3.34. The van der Waals surface area contributed by atoms with Crippen LogP contribution in [0.5, 0.6) is 0 Å². The van der Waals surface area contributed by atoms with E-state index in [-0.39, 0.29) is 0 Å². The molecule has 0 atom stereocenters. The molecule has 232 valence electrons. The van der Waals surface area contributed by atoms with Gasteiger partial charge in [-0.1, -0.05) is 155 Å². The molecule has 0 saturated carbocycles. The fourth-order valence-corrected chi connectivity index (χ4v) is 8.92. The predicted octanol–water partition coefficient (Wildman–Crippen LogP) is 12.5. The number of hydrogen-bond acceptors (Lipinski definition) is 3. The number of unbranched alkanes of at least 4 members (excludes halogenated alkanes) is 8. The van der Waals surface area contributed by atoms with E-state index in [1.165, 1.54) is 117 Å². The summed E-state index contributed by atoms with van der Waals surface area (Å²) in [7, 11) is 0. The lowest BCUT2D eigenvalue weighted by Gasteiger charge is -2.20. The molecule has 45 heavy (non-hydrogen) atoms. The molecule has 0 aliphatic carbocycles. The van der Waals surface area contributed by atoms with E-state index in [9.17, 15) is 0 Å². The molecule has 0 unspecified atom stereocenters. The van der Waals surface area contributed by atoms with Crippen molar-refractivity contribution < 1.29 is 4.57 Å². The summed E-state index contributed by atoms with van der Waals surface area (Å²) in [6.07, 6.45) is 24.3. The van der Waals surface area contributed by atoms with E-state index in [2.05, 4.69) is 126 Å². The minimum absolute atomic E-state index is 1.07. The van der Waals surface area contributed by atoms with Gasteiger partial charge in [0, 0.05) is 35.4 Å². The summed E-state index contributed by atoms with van der Waals surface area (Å²) in [5.41, 5.74) is 2.73. The molecule has 2 heterocycles. The van der Waals surface area contributed by atoms with Gasteiger partial charge >= 0.3 is 0 Å². The lowest BCUT2D eigenvalue weighted by Crippen LogP contribution is -2.35. The van der Waals surface area contributed by atoms with E-state index in [1.54, 1.807) is 0 Å². The first-order valence-electron chi connectivity index (χ1n) is 17.1. The van der Waals surface area contributed by atoms with Crippen LogP contribution in [0.25, 0.3) is 37.8 Å². The Morgan fingerprint density at radius 1 is 0.667 bits per heavy atom. The molecular weight excluding hydrogens is 585 g/mol. The lowest BCUT2D eigenvalue weighted by molar-refractivity contribution is -0.669. The van der Waals surface area contributed by atoms with Gasteiger partial charge < -0.3 is 4.90 Å².